The van der Waals surface area contributed by atoms with E-state index in [2.05, 4.69) is 69.0 Å². The van der Waals surface area contributed by atoms with Crippen molar-refractivity contribution in [2.45, 2.75) is 32.4 Å². The number of para-hydroxylation sites is 1. The molecule has 1 aliphatic rings. The van der Waals surface area contributed by atoms with E-state index in [0.717, 1.165) is 48.8 Å². The molecule has 3 heterocycles. The number of carbonyl (C=O) groups excluding carboxylic acids is 1. The van der Waals surface area contributed by atoms with Crippen LogP contribution in [-0.4, -0.2) is 45.4 Å². The van der Waals surface area contributed by atoms with Gasteiger partial charge in [0.05, 0.1) is 6.54 Å². The number of aromatic nitrogens is 2. The van der Waals surface area contributed by atoms with Crippen molar-refractivity contribution in [3.8, 4) is 0 Å². The number of pyridine rings is 1. The Morgan fingerprint density at radius 1 is 1.08 bits per heavy atom. The lowest BCUT2D eigenvalue weighted by Crippen LogP contribution is -2.34. The molecular weight excluding hydrogens is 470 g/mol. The number of likely N-dealkylation sites (N-methyl/N-ethyl adjacent to an activating group) is 1. The van der Waals surface area contributed by atoms with Gasteiger partial charge in [0.2, 0.25) is 5.91 Å². The van der Waals surface area contributed by atoms with E-state index in [-0.39, 0.29) is 5.91 Å². The molecule has 196 valence electrons. The SMILES string of the molecule is CN(Cc1cc2ccccc2n1C)C(=O)/C=C/c1cnc(N)c(CN2CCC(Cc3ccccc3)CC2)c1. The van der Waals surface area contributed by atoms with Crippen LogP contribution >= 0.6 is 0 Å². The fourth-order valence-corrected chi connectivity index (χ4v) is 5.41. The van der Waals surface area contributed by atoms with Crippen LogP contribution in [0.4, 0.5) is 5.82 Å². The lowest BCUT2D eigenvalue weighted by Gasteiger charge is -2.32. The molecule has 5 rings (SSSR count). The first-order valence-corrected chi connectivity index (χ1v) is 13.4. The summed E-state index contributed by atoms with van der Waals surface area (Å²) in [5, 5.41) is 1.18. The first kappa shape index (κ1) is 25.7. The molecule has 0 aliphatic carbocycles. The standard InChI is InChI=1S/C32H37N5O/c1-35(23-29-20-27-10-6-7-11-30(27)36(29)2)31(38)13-12-26-19-28(32(33)34-21-26)22-37-16-14-25(15-17-37)18-24-8-4-3-5-9-24/h3-13,19-21,25H,14-18,22-23H2,1-2H3,(H2,33,34)/b13-12+. The lowest BCUT2D eigenvalue weighted by molar-refractivity contribution is -0.125. The minimum atomic E-state index is -0.0471. The van der Waals surface area contributed by atoms with Crippen LogP contribution < -0.4 is 5.73 Å². The molecule has 0 unspecified atom stereocenters. The molecule has 0 saturated carbocycles. The van der Waals surface area contributed by atoms with Crippen molar-refractivity contribution in [1.82, 2.24) is 19.4 Å². The molecule has 2 N–H and O–H groups in total. The average Bonchev–Trinajstić information content (AvgIpc) is 3.25. The number of piperidine rings is 1. The summed E-state index contributed by atoms with van der Waals surface area (Å²) in [7, 11) is 3.87. The highest BCUT2D eigenvalue weighted by atomic mass is 16.2. The third-order valence-corrected chi connectivity index (χ3v) is 7.74. The van der Waals surface area contributed by atoms with E-state index in [1.165, 1.54) is 29.3 Å². The third kappa shape index (κ3) is 6.14. The number of aryl methyl sites for hydroxylation is 1. The topological polar surface area (TPSA) is 67.4 Å². The number of carbonyl (C=O) groups is 1. The van der Waals surface area contributed by atoms with Crippen molar-refractivity contribution in [1.29, 1.82) is 0 Å². The molecule has 1 fully saturated rings. The van der Waals surface area contributed by atoms with Crippen molar-refractivity contribution in [3.05, 3.63) is 101 Å². The Balaban J connectivity index is 1.16. The van der Waals surface area contributed by atoms with Crippen LogP contribution in [0, 0.1) is 5.92 Å². The summed E-state index contributed by atoms with van der Waals surface area (Å²) < 4.78 is 2.14. The first-order valence-electron chi connectivity index (χ1n) is 13.4. The molecule has 38 heavy (non-hydrogen) atoms. The Labute approximate surface area is 225 Å². The summed E-state index contributed by atoms with van der Waals surface area (Å²) in [4.78, 5) is 21.5. The van der Waals surface area contributed by atoms with Crippen molar-refractivity contribution < 1.29 is 4.79 Å². The van der Waals surface area contributed by atoms with Crippen LogP contribution in [0.5, 0.6) is 0 Å². The number of amides is 1. The molecule has 2 aromatic carbocycles. The zero-order chi connectivity index (χ0) is 26.5. The molecule has 0 atom stereocenters. The normalized spacial score (nSPS) is 14.9. The summed E-state index contributed by atoms with van der Waals surface area (Å²) in [5.41, 5.74) is 11.8. The van der Waals surface area contributed by atoms with E-state index in [1.54, 1.807) is 17.2 Å². The van der Waals surface area contributed by atoms with Gasteiger partial charge >= 0.3 is 0 Å². The second-order valence-corrected chi connectivity index (χ2v) is 10.5. The average molecular weight is 508 g/mol. The number of nitrogen functional groups attached to an aromatic ring is 1. The Bertz CT molecular complexity index is 1420. The van der Waals surface area contributed by atoms with Crippen LogP contribution in [0.1, 0.15) is 35.2 Å². The smallest absolute Gasteiger partial charge is 0.246 e. The van der Waals surface area contributed by atoms with Crippen LogP contribution in [0.2, 0.25) is 0 Å². The van der Waals surface area contributed by atoms with Gasteiger partial charge in [0.15, 0.2) is 0 Å². The summed E-state index contributed by atoms with van der Waals surface area (Å²) in [6.07, 6.45) is 8.73. The molecule has 1 amide bonds. The Kier molecular flexibility index (Phi) is 7.89. The minimum absolute atomic E-state index is 0.0471. The van der Waals surface area contributed by atoms with E-state index >= 15 is 0 Å². The number of anilines is 1. The molecule has 6 nitrogen and oxygen atoms in total. The van der Waals surface area contributed by atoms with Gasteiger partial charge in [-0.1, -0.05) is 48.5 Å². The maximum absolute atomic E-state index is 12.9. The molecule has 1 saturated heterocycles. The molecule has 6 heteroatoms. The highest BCUT2D eigenvalue weighted by Gasteiger charge is 2.20. The van der Waals surface area contributed by atoms with Gasteiger partial charge in [-0.25, -0.2) is 4.98 Å². The van der Waals surface area contributed by atoms with Crippen LogP contribution in [0.3, 0.4) is 0 Å². The van der Waals surface area contributed by atoms with Crippen molar-refractivity contribution in [2.24, 2.45) is 13.0 Å². The Morgan fingerprint density at radius 3 is 2.58 bits per heavy atom. The number of hydrogen-bond donors (Lipinski definition) is 1. The molecular formula is C32H37N5O. The molecule has 0 radical (unpaired) electrons. The van der Waals surface area contributed by atoms with Crippen molar-refractivity contribution in [2.75, 3.05) is 25.9 Å². The van der Waals surface area contributed by atoms with Gasteiger partial charge in [-0.15, -0.1) is 0 Å². The van der Waals surface area contributed by atoms with Gasteiger partial charge in [0, 0.05) is 49.7 Å². The number of benzene rings is 2. The maximum Gasteiger partial charge on any atom is 0.246 e. The minimum Gasteiger partial charge on any atom is -0.383 e. The van der Waals surface area contributed by atoms with Crippen molar-refractivity contribution >= 4 is 28.7 Å². The van der Waals surface area contributed by atoms with Crippen LogP contribution in [-0.2, 0) is 31.4 Å². The molecule has 1 aliphatic heterocycles. The monoisotopic (exact) mass is 507 g/mol. The largest absolute Gasteiger partial charge is 0.383 e. The highest BCUT2D eigenvalue weighted by Crippen LogP contribution is 2.24. The molecule has 2 aromatic heterocycles. The van der Waals surface area contributed by atoms with E-state index in [1.807, 2.05) is 32.3 Å². The number of nitrogens with two attached hydrogens (primary N) is 1. The summed E-state index contributed by atoms with van der Waals surface area (Å²) in [5.74, 6) is 1.25. The molecule has 0 spiro atoms. The molecule has 0 bridgehead atoms. The Hall–Kier alpha value is -3.90. The summed E-state index contributed by atoms with van der Waals surface area (Å²) >= 11 is 0. The van der Waals surface area contributed by atoms with Gasteiger partial charge in [0.25, 0.3) is 0 Å². The summed E-state index contributed by atoms with van der Waals surface area (Å²) in [6.45, 7) is 3.45. The zero-order valence-electron chi connectivity index (χ0n) is 22.4. The van der Waals surface area contributed by atoms with Crippen molar-refractivity contribution in [3.63, 3.8) is 0 Å². The maximum atomic E-state index is 12.9. The number of rotatable bonds is 8. The van der Waals surface area contributed by atoms with Gasteiger partial charge in [-0.3, -0.25) is 9.69 Å². The second kappa shape index (κ2) is 11.7. The van der Waals surface area contributed by atoms with Gasteiger partial charge in [0.1, 0.15) is 5.82 Å². The fourth-order valence-electron chi connectivity index (χ4n) is 5.41. The number of nitrogens with zero attached hydrogens (tertiary/aromatic N) is 4. The first-order chi connectivity index (χ1) is 18.5. The van der Waals surface area contributed by atoms with E-state index in [4.69, 9.17) is 5.73 Å². The quantitative estimate of drug-likeness (QED) is 0.330. The van der Waals surface area contributed by atoms with Gasteiger partial charge in [-0.2, -0.15) is 0 Å². The van der Waals surface area contributed by atoms with E-state index in [9.17, 15) is 4.79 Å². The predicted octanol–water partition coefficient (Wildman–Crippen LogP) is 5.28. The highest BCUT2D eigenvalue weighted by molar-refractivity contribution is 5.91. The van der Waals surface area contributed by atoms with Crippen LogP contribution in [0.15, 0.2) is 79.0 Å². The van der Waals surface area contributed by atoms with Gasteiger partial charge in [-0.05, 0) is 79.1 Å². The van der Waals surface area contributed by atoms with Gasteiger partial charge < -0.3 is 15.2 Å². The predicted molar refractivity (Wildman–Crippen MR) is 155 cm³/mol. The number of hydrogen-bond acceptors (Lipinski definition) is 4. The fraction of sp³-hybridized carbons (Fsp3) is 0.312. The second-order valence-electron chi connectivity index (χ2n) is 10.5. The molecule has 4 aromatic rings. The third-order valence-electron chi connectivity index (χ3n) is 7.74. The van der Waals surface area contributed by atoms with E-state index < -0.39 is 0 Å². The van der Waals surface area contributed by atoms with Crippen LogP contribution in [0.25, 0.3) is 17.0 Å². The number of fused-ring (bicyclic) bond motifs is 1. The summed E-state index contributed by atoms with van der Waals surface area (Å²) in [6, 6.07) is 23.2. The Morgan fingerprint density at radius 2 is 1.82 bits per heavy atom. The van der Waals surface area contributed by atoms with E-state index in [0.29, 0.717) is 12.4 Å². The zero-order valence-corrected chi connectivity index (χ0v) is 22.4. The lowest BCUT2D eigenvalue weighted by atomic mass is 9.90. The number of likely N-dealkylation sites (tertiary alicyclic amines) is 1.